The van der Waals surface area contributed by atoms with E-state index in [9.17, 15) is 4.79 Å². The molecule has 1 aliphatic carbocycles. The first-order valence-electron chi connectivity index (χ1n) is 12.0. The van der Waals surface area contributed by atoms with Crippen LogP contribution >= 0.6 is 24.0 Å². The summed E-state index contributed by atoms with van der Waals surface area (Å²) in [6, 6.07) is 8.35. The first-order chi connectivity index (χ1) is 15.6. The number of likely N-dealkylation sites (tertiary alicyclic amines) is 1. The van der Waals surface area contributed by atoms with Gasteiger partial charge in [-0.2, -0.15) is 0 Å². The van der Waals surface area contributed by atoms with Gasteiger partial charge in [0.25, 0.3) is 0 Å². The zero-order chi connectivity index (χ0) is 22.3. The summed E-state index contributed by atoms with van der Waals surface area (Å²) in [6.07, 6.45) is 8.38. The molecule has 2 aromatic rings. The number of aromatic nitrogens is 1. The average molecular weight is 566 g/mol. The zero-order valence-corrected chi connectivity index (χ0v) is 22.0. The van der Waals surface area contributed by atoms with Gasteiger partial charge in [0, 0.05) is 37.2 Å². The number of nitrogens with one attached hydrogen (secondary N) is 2. The molecule has 180 valence electrons. The Labute approximate surface area is 213 Å². The third-order valence-corrected chi connectivity index (χ3v) is 6.39. The predicted molar refractivity (Wildman–Crippen MR) is 142 cm³/mol. The van der Waals surface area contributed by atoms with Crippen LogP contribution in [0, 0.1) is 12.8 Å². The number of halogens is 1. The number of amides is 1. The van der Waals surface area contributed by atoms with E-state index in [1.807, 2.05) is 17.0 Å². The van der Waals surface area contributed by atoms with Crippen LogP contribution in [0.5, 0.6) is 0 Å². The highest BCUT2D eigenvalue weighted by molar-refractivity contribution is 14.0. The normalized spacial score (nSPS) is 19.3. The third-order valence-electron chi connectivity index (χ3n) is 6.39. The average Bonchev–Trinajstić information content (AvgIpc) is 3.48. The quantitative estimate of drug-likeness (QED) is 0.306. The Balaban J connectivity index is 0.00000306. The van der Waals surface area contributed by atoms with Crippen LogP contribution in [0.1, 0.15) is 56.7 Å². The maximum atomic E-state index is 12.8. The maximum Gasteiger partial charge on any atom is 0.226 e. The summed E-state index contributed by atoms with van der Waals surface area (Å²) in [7, 11) is 0. The monoisotopic (exact) mass is 565 g/mol. The third kappa shape index (κ3) is 6.94. The molecule has 1 amide bonds. The van der Waals surface area contributed by atoms with Gasteiger partial charge in [0.1, 0.15) is 12.0 Å². The first-order valence-corrected chi connectivity index (χ1v) is 12.0. The number of oxazole rings is 1. The molecule has 1 aromatic carbocycles. The molecule has 1 saturated heterocycles. The van der Waals surface area contributed by atoms with Gasteiger partial charge in [0.15, 0.2) is 5.96 Å². The molecule has 1 atom stereocenters. The molecule has 1 aromatic heterocycles. The Morgan fingerprint density at radius 3 is 2.67 bits per heavy atom. The van der Waals surface area contributed by atoms with Gasteiger partial charge < -0.3 is 20.0 Å². The van der Waals surface area contributed by atoms with Gasteiger partial charge in [-0.05, 0) is 45.2 Å². The molecule has 1 saturated carbocycles. The number of nitrogens with zero attached hydrogens (tertiary/aromatic N) is 3. The number of guanidine groups is 1. The van der Waals surface area contributed by atoms with Crippen LogP contribution in [-0.4, -0.2) is 47.4 Å². The zero-order valence-electron chi connectivity index (χ0n) is 19.7. The van der Waals surface area contributed by atoms with Gasteiger partial charge >= 0.3 is 0 Å². The second-order valence-electron chi connectivity index (χ2n) is 8.95. The summed E-state index contributed by atoms with van der Waals surface area (Å²) >= 11 is 0. The fourth-order valence-electron chi connectivity index (χ4n) is 4.57. The molecule has 2 aliphatic rings. The molecule has 0 bridgehead atoms. The molecular weight excluding hydrogens is 529 g/mol. The molecule has 0 radical (unpaired) electrons. The Morgan fingerprint density at radius 1 is 1.18 bits per heavy atom. The lowest BCUT2D eigenvalue weighted by molar-refractivity contribution is -0.135. The molecule has 2 heterocycles. The lowest BCUT2D eigenvalue weighted by Gasteiger charge is -2.26. The SMILES string of the molecule is CCNC(=NCc1coc(-c2ccc(C)cc2)n1)NC1CCN(C(=O)C2CCCCC2)C1.I. The minimum absolute atomic E-state index is 0. The van der Waals surface area contributed by atoms with Gasteiger partial charge in [0.2, 0.25) is 11.8 Å². The minimum atomic E-state index is 0. The molecule has 4 rings (SSSR count). The Bertz CT molecular complexity index is 921. The van der Waals surface area contributed by atoms with Crippen molar-refractivity contribution in [1.29, 1.82) is 0 Å². The largest absolute Gasteiger partial charge is 0.444 e. The summed E-state index contributed by atoms with van der Waals surface area (Å²) in [5.41, 5.74) is 2.96. The minimum Gasteiger partial charge on any atom is -0.444 e. The number of aliphatic imine (C=N–C) groups is 1. The van der Waals surface area contributed by atoms with Gasteiger partial charge in [-0.25, -0.2) is 9.98 Å². The van der Waals surface area contributed by atoms with E-state index in [0.29, 0.717) is 18.3 Å². The van der Waals surface area contributed by atoms with Crippen LogP contribution in [0.25, 0.3) is 11.5 Å². The van der Waals surface area contributed by atoms with Gasteiger partial charge in [-0.3, -0.25) is 4.79 Å². The highest BCUT2D eigenvalue weighted by atomic mass is 127. The van der Waals surface area contributed by atoms with Crippen molar-refractivity contribution in [2.24, 2.45) is 10.9 Å². The highest BCUT2D eigenvalue weighted by Gasteiger charge is 2.31. The molecule has 2 fully saturated rings. The van der Waals surface area contributed by atoms with Crippen molar-refractivity contribution in [3.05, 3.63) is 41.8 Å². The summed E-state index contributed by atoms with van der Waals surface area (Å²) in [6.45, 7) is 6.90. The number of hydrogen-bond donors (Lipinski definition) is 2. The van der Waals surface area contributed by atoms with Crippen molar-refractivity contribution in [3.8, 4) is 11.5 Å². The number of carbonyl (C=O) groups excluding carboxylic acids is 1. The van der Waals surface area contributed by atoms with Crippen molar-refractivity contribution >= 4 is 35.8 Å². The summed E-state index contributed by atoms with van der Waals surface area (Å²) in [5.74, 6) is 1.95. The van der Waals surface area contributed by atoms with Crippen molar-refractivity contribution in [2.45, 2.75) is 65.0 Å². The van der Waals surface area contributed by atoms with E-state index < -0.39 is 0 Å². The van der Waals surface area contributed by atoms with E-state index in [0.717, 1.165) is 56.1 Å². The fraction of sp³-hybridized carbons (Fsp3) is 0.560. The van der Waals surface area contributed by atoms with Crippen LogP contribution in [0.3, 0.4) is 0 Å². The number of aryl methyl sites for hydroxylation is 1. The molecule has 0 spiro atoms. The topological polar surface area (TPSA) is 82.8 Å². The maximum absolute atomic E-state index is 12.8. The smallest absolute Gasteiger partial charge is 0.226 e. The summed E-state index contributed by atoms with van der Waals surface area (Å²) in [4.78, 5) is 24.2. The van der Waals surface area contributed by atoms with Crippen LogP contribution in [0.15, 0.2) is 39.9 Å². The number of carbonyl (C=O) groups is 1. The molecule has 2 N–H and O–H groups in total. The molecule has 7 nitrogen and oxygen atoms in total. The lowest BCUT2D eigenvalue weighted by atomic mass is 9.88. The summed E-state index contributed by atoms with van der Waals surface area (Å²) < 4.78 is 5.65. The van der Waals surface area contributed by atoms with E-state index in [4.69, 9.17) is 9.41 Å². The first kappa shape index (κ1) is 25.5. The Kier molecular flexibility index (Phi) is 9.58. The standard InChI is InChI=1S/C25H35N5O2.HI/c1-3-26-25(27-15-22-17-32-23(28-22)19-11-9-18(2)10-12-19)29-21-13-14-30(16-21)24(31)20-7-5-4-6-8-20;/h9-12,17,20-21H,3-8,13-16H2,1-2H3,(H2,26,27,29);1H. The molecule has 33 heavy (non-hydrogen) atoms. The molecule has 1 unspecified atom stereocenters. The number of rotatable bonds is 6. The highest BCUT2D eigenvalue weighted by Crippen LogP contribution is 2.27. The van der Waals surface area contributed by atoms with Crippen molar-refractivity contribution < 1.29 is 9.21 Å². The fourth-order valence-corrected chi connectivity index (χ4v) is 4.57. The van der Waals surface area contributed by atoms with Gasteiger partial charge in [0.05, 0.1) is 6.54 Å². The second-order valence-corrected chi connectivity index (χ2v) is 8.95. The number of benzene rings is 1. The van der Waals surface area contributed by atoms with Gasteiger partial charge in [-0.15, -0.1) is 24.0 Å². The van der Waals surface area contributed by atoms with Crippen LogP contribution < -0.4 is 10.6 Å². The molecule has 8 heteroatoms. The van der Waals surface area contributed by atoms with Gasteiger partial charge in [-0.1, -0.05) is 37.0 Å². The van der Waals surface area contributed by atoms with Crippen molar-refractivity contribution in [2.75, 3.05) is 19.6 Å². The van der Waals surface area contributed by atoms with E-state index >= 15 is 0 Å². The lowest BCUT2D eigenvalue weighted by Crippen LogP contribution is -2.45. The molecule has 1 aliphatic heterocycles. The number of hydrogen-bond acceptors (Lipinski definition) is 4. The van der Waals surface area contributed by atoms with Crippen molar-refractivity contribution in [1.82, 2.24) is 20.5 Å². The van der Waals surface area contributed by atoms with E-state index in [1.165, 1.54) is 24.8 Å². The van der Waals surface area contributed by atoms with Crippen LogP contribution in [0.2, 0.25) is 0 Å². The van der Waals surface area contributed by atoms with E-state index in [-0.39, 0.29) is 35.9 Å². The van der Waals surface area contributed by atoms with Crippen molar-refractivity contribution in [3.63, 3.8) is 0 Å². The molecular formula is C25H36IN5O2. The van der Waals surface area contributed by atoms with Crippen LogP contribution in [-0.2, 0) is 11.3 Å². The van der Waals surface area contributed by atoms with E-state index in [2.05, 4.69) is 41.6 Å². The predicted octanol–water partition coefficient (Wildman–Crippen LogP) is 4.50. The van der Waals surface area contributed by atoms with Crippen LogP contribution in [0.4, 0.5) is 0 Å². The Morgan fingerprint density at radius 2 is 1.94 bits per heavy atom. The Hall–Kier alpha value is -2.10. The van der Waals surface area contributed by atoms with E-state index in [1.54, 1.807) is 6.26 Å². The second kappa shape index (κ2) is 12.4. The summed E-state index contributed by atoms with van der Waals surface area (Å²) in [5, 5.41) is 6.82.